The van der Waals surface area contributed by atoms with E-state index in [0.717, 1.165) is 6.42 Å². The van der Waals surface area contributed by atoms with Gasteiger partial charge < -0.3 is 15.3 Å². The fourth-order valence-electron chi connectivity index (χ4n) is 3.83. The molecule has 138 valence electrons. The molecular formula is C14H21N5O6. The summed E-state index contributed by atoms with van der Waals surface area (Å²) in [5.41, 5.74) is 4.64. The van der Waals surface area contributed by atoms with Gasteiger partial charge in [-0.15, -0.1) is 0 Å². The molecule has 0 radical (unpaired) electrons. The molecule has 0 spiro atoms. The van der Waals surface area contributed by atoms with Gasteiger partial charge in [0.15, 0.2) is 0 Å². The number of piperidine rings is 1. The molecule has 0 unspecified atom stereocenters. The van der Waals surface area contributed by atoms with Crippen LogP contribution in [0.5, 0.6) is 0 Å². The van der Waals surface area contributed by atoms with Crippen LogP contribution >= 0.6 is 0 Å². The molecule has 11 nitrogen and oxygen atoms in total. The Kier molecular flexibility index (Phi) is 4.66. The smallest absolute Gasteiger partial charge is 0.404 e. The van der Waals surface area contributed by atoms with Gasteiger partial charge in [0.1, 0.15) is 6.04 Å². The Bertz CT molecular complexity index is 598. The highest BCUT2D eigenvalue weighted by Gasteiger charge is 2.47. The highest BCUT2D eigenvalue weighted by atomic mass is 16.5. The molecule has 3 fully saturated rings. The first-order valence-electron chi connectivity index (χ1n) is 8.26. The average molecular weight is 355 g/mol. The lowest BCUT2D eigenvalue weighted by Crippen LogP contribution is -2.56. The molecule has 11 heteroatoms. The zero-order chi connectivity index (χ0) is 18.1. The van der Waals surface area contributed by atoms with Gasteiger partial charge >= 0.3 is 12.1 Å². The number of hydrogen-bond donors (Lipinski definition) is 5. The van der Waals surface area contributed by atoms with Crippen LogP contribution in [0.2, 0.25) is 0 Å². The van der Waals surface area contributed by atoms with Gasteiger partial charge in [-0.2, -0.15) is 0 Å². The van der Waals surface area contributed by atoms with Crippen LogP contribution in [0.25, 0.3) is 0 Å². The summed E-state index contributed by atoms with van der Waals surface area (Å²) in [6.07, 6.45) is 1.51. The number of rotatable bonds is 3. The van der Waals surface area contributed by atoms with E-state index in [9.17, 15) is 24.4 Å². The predicted molar refractivity (Wildman–Crippen MR) is 81.1 cm³/mol. The van der Waals surface area contributed by atoms with Crippen LogP contribution in [0.1, 0.15) is 32.1 Å². The Labute approximate surface area is 143 Å². The van der Waals surface area contributed by atoms with Gasteiger partial charge in [-0.1, -0.05) is 6.42 Å². The average Bonchev–Trinajstić information content (AvgIpc) is 3.12. The fraction of sp³-hybridized carbons (Fsp3) is 0.714. The van der Waals surface area contributed by atoms with Crippen LogP contribution < -0.4 is 16.2 Å². The summed E-state index contributed by atoms with van der Waals surface area (Å²) in [6.45, 7) is 0.272. The first kappa shape index (κ1) is 17.3. The van der Waals surface area contributed by atoms with E-state index in [1.165, 1.54) is 4.90 Å². The number of urea groups is 1. The largest absolute Gasteiger partial charge is 0.465 e. The number of nitrogens with one attached hydrogen (secondary N) is 3. The first-order valence-corrected chi connectivity index (χ1v) is 8.26. The standard InChI is InChI=1S/C14H21N5O6/c20-11(8-2-1-3-9(8)15-13(22)23)16-17-12(21)10-5-4-7-6-18(10)14(24)19(7)25/h7-10,15,25H,1-6H2,(H,16,20)(H,17,21)(H,22,23)/t7-,8-,9-,10+/m1/s1. The van der Waals surface area contributed by atoms with Crippen LogP contribution in [-0.4, -0.2) is 68.9 Å². The van der Waals surface area contributed by atoms with Crippen molar-refractivity contribution < 1.29 is 29.5 Å². The molecule has 25 heavy (non-hydrogen) atoms. The minimum atomic E-state index is -1.19. The van der Waals surface area contributed by atoms with E-state index in [4.69, 9.17) is 5.11 Å². The van der Waals surface area contributed by atoms with Gasteiger partial charge in [0.25, 0.3) is 5.91 Å². The Morgan fingerprint density at radius 2 is 1.76 bits per heavy atom. The van der Waals surface area contributed by atoms with Gasteiger partial charge in [0, 0.05) is 12.6 Å². The summed E-state index contributed by atoms with van der Waals surface area (Å²) in [4.78, 5) is 48.4. The molecule has 2 heterocycles. The summed E-state index contributed by atoms with van der Waals surface area (Å²) in [7, 11) is 0. The lowest BCUT2D eigenvalue weighted by molar-refractivity contribution is -0.133. The highest BCUT2D eigenvalue weighted by Crippen LogP contribution is 2.28. The van der Waals surface area contributed by atoms with E-state index in [2.05, 4.69) is 16.2 Å². The second-order valence-corrected chi connectivity index (χ2v) is 6.60. The van der Waals surface area contributed by atoms with Crippen LogP contribution in [0.15, 0.2) is 0 Å². The third-order valence-electron chi connectivity index (χ3n) is 5.12. The van der Waals surface area contributed by atoms with E-state index in [-0.39, 0.29) is 12.6 Å². The van der Waals surface area contributed by atoms with Crippen molar-refractivity contribution in [3.63, 3.8) is 0 Å². The molecule has 2 aliphatic heterocycles. The topological polar surface area (TPSA) is 151 Å². The Hall–Kier alpha value is -2.56. The molecule has 2 bridgehead atoms. The fourth-order valence-corrected chi connectivity index (χ4v) is 3.83. The maximum Gasteiger partial charge on any atom is 0.404 e. The second kappa shape index (κ2) is 6.75. The number of carbonyl (C=O) groups is 4. The maximum absolute atomic E-state index is 12.3. The van der Waals surface area contributed by atoms with Crippen molar-refractivity contribution in [3.8, 4) is 0 Å². The number of carbonyl (C=O) groups excluding carboxylic acids is 3. The van der Waals surface area contributed by atoms with Crippen LogP contribution in [-0.2, 0) is 9.59 Å². The minimum absolute atomic E-state index is 0.272. The van der Waals surface area contributed by atoms with Gasteiger partial charge in [-0.25, -0.2) is 14.7 Å². The monoisotopic (exact) mass is 355 g/mol. The summed E-state index contributed by atoms with van der Waals surface area (Å²) in [6, 6.07) is -2.14. The van der Waals surface area contributed by atoms with Gasteiger partial charge in [-0.3, -0.25) is 25.6 Å². The number of nitrogens with zero attached hydrogens (tertiary/aromatic N) is 2. The maximum atomic E-state index is 12.3. The number of carboxylic acid groups (broad SMARTS) is 1. The van der Waals surface area contributed by atoms with Crippen molar-refractivity contribution in [2.45, 2.75) is 50.2 Å². The van der Waals surface area contributed by atoms with Crippen molar-refractivity contribution in [1.82, 2.24) is 26.1 Å². The summed E-state index contributed by atoms with van der Waals surface area (Å²) >= 11 is 0. The zero-order valence-corrected chi connectivity index (χ0v) is 13.5. The van der Waals surface area contributed by atoms with Gasteiger partial charge in [0.05, 0.1) is 12.0 Å². The van der Waals surface area contributed by atoms with Crippen molar-refractivity contribution >= 4 is 23.9 Å². The van der Waals surface area contributed by atoms with Gasteiger partial charge in [-0.05, 0) is 25.7 Å². The molecule has 3 aliphatic rings. The van der Waals surface area contributed by atoms with E-state index in [1.54, 1.807) is 0 Å². The summed E-state index contributed by atoms with van der Waals surface area (Å²) in [5.74, 6) is -1.54. The van der Waals surface area contributed by atoms with Crippen LogP contribution in [0.4, 0.5) is 9.59 Å². The Balaban J connectivity index is 1.53. The van der Waals surface area contributed by atoms with Crippen LogP contribution in [0, 0.1) is 5.92 Å². The van der Waals surface area contributed by atoms with Gasteiger partial charge in [0.2, 0.25) is 5.91 Å². The minimum Gasteiger partial charge on any atom is -0.465 e. The first-order chi connectivity index (χ1) is 11.9. The molecule has 3 rings (SSSR count). The lowest BCUT2D eigenvalue weighted by Gasteiger charge is -2.29. The number of amides is 5. The molecule has 0 aromatic rings. The second-order valence-electron chi connectivity index (χ2n) is 6.60. The molecule has 4 atom stereocenters. The third-order valence-corrected chi connectivity index (χ3v) is 5.12. The Morgan fingerprint density at radius 1 is 1.04 bits per heavy atom. The van der Waals surface area contributed by atoms with Crippen molar-refractivity contribution in [2.75, 3.05) is 6.54 Å². The van der Waals surface area contributed by atoms with Crippen molar-refractivity contribution in [3.05, 3.63) is 0 Å². The number of hydrogen-bond acceptors (Lipinski definition) is 5. The third kappa shape index (κ3) is 3.31. The molecule has 1 aliphatic carbocycles. The normalized spacial score (nSPS) is 31.0. The summed E-state index contributed by atoms with van der Waals surface area (Å²) < 4.78 is 0. The summed E-state index contributed by atoms with van der Waals surface area (Å²) in [5, 5.41) is 21.4. The number of fused-ring (bicyclic) bond motifs is 2. The molecule has 0 aromatic carbocycles. The number of hydroxylamine groups is 2. The van der Waals surface area contributed by atoms with Crippen molar-refractivity contribution in [2.24, 2.45) is 5.92 Å². The Morgan fingerprint density at radius 3 is 2.48 bits per heavy atom. The van der Waals surface area contributed by atoms with E-state index in [0.29, 0.717) is 30.7 Å². The molecule has 5 N–H and O–H groups in total. The van der Waals surface area contributed by atoms with E-state index in [1.807, 2.05) is 0 Å². The SMILES string of the molecule is O=C(O)N[C@@H]1CCC[C@H]1C(=O)NNC(=O)[C@@H]1CC[C@@H]2CN1C(=O)N2O. The lowest BCUT2D eigenvalue weighted by atomic mass is 10.0. The van der Waals surface area contributed by atoms with E-state index >= 15 is 0 Å². The highest BCUT2D eigenvalue weighted by molar-refractivity contribution is 5.90. The molecule has 2 saturated heterocycles. The van der Waals surface area contributed by atoms with Crippen LogP contribution in [0.3, 0.4) is 0 Å². The molecule has 1 saturated carbocycles. The molecule has 0 aromatic heterocycles. The van der Waals surface area contributed by atoms with Crippen molar-refractivity contribution in [1.29, 1.82) is 0 Å². The zero-order valence-electron chi connectivity index (χ0n) is 13.5. The quantitative estimate of drug-likeness (QED) is 0.331. The molecular weight excluding hydrogens is 334 g/mol. The predicted octanol–water partition coefficient (Wildman–Crippen LogP) is -0.772. The van der Waals surface area contributed by atoms with E-state index < -0.39 is 41.9 Å². The number of hydrazine groups is 1. The molecule has 5 amide bonds.